The summed E-state index contributed by atoms with van der Waals surface area (Å²) in [5.74, 6) is 0.669. The lowest BCUT2D eigenvalue weighted by atomic mass is 9.92. The molecule has 0 spiro atoms. The minimum atomic E-state index is -1.00. The van der Waals surface area contributed by atoms with Crippen molar-refractivity contribution in [3.8, 4) is 0 Å². The summed E-state index contributed by atoms with van der Waals surface area (Å²) in [6.45, 7) is 4.40. The van der Waals surface area contributed by atoms with E-state index >= 15 is 0 Å². The lowest BCUT2D eigenvalue weighted by molar-refractivity contribution is -0.125. The Hall–Kier alpha value is -1.49. The van der Waals surface area contributed by atoms with E-state index in [1.54, 1.807) is 18.7 Å². The highest BCUT2D eigenvalue weighted by Gasteiger charge is 2.29. The quantitative estimate of drug-likeness (QED) is 0.619. The second-order valence-electron chi connectivity index (χ2n) is 5.49. The second kappa shape index (κ2) is 8.96. The van der Waals surface area contributed by atoms with Gasteiger partial charge in [0, 0.05) is 17.2 Å². The third kappa shape index (κ3) is 5.57. The van der Waals surface area contributed by atoms with Crippen LogP contribution >= 0.6 is 24.2 Å². The van der Waals surface area contributed by atoms with Crippen molar-refractivity contribution in [3.63, 3.8) is 0 Å². The molecule has 0 aromatic heterocycles. The lowest BCUT2D eigenvalue weighted by Gasteiger charge is -2.24. The molecule has 2 rings (SSSR count). The minimum Gasteiger partial charge on any atom is -0.353 e. The third-order valence-corrected chi connectivity index (χ3v) is 4.54. The summed E-state index contributed by atoms with van der Waals surface area (Å²) in [4.78, 5) is 13.5. The molecule has 0 saturated heterocycles. The largest absolute Gasteiger partial charge is 0.353 e. The van der Waals surface area contributed by atoms with Crippen LogP contribution in [0.4, 0.5) is 0 Å². The van der Waals surface area contributed by atoms with Crippen molar-refractivity contribution in [3.05, 3.63) is 65.7 Å². The Kier molecular flexibility index (Phi) is 7.62. The molecule has 0 saturated carbocycles. The van der Waals surface area contributed by atoms with Crippen molar-refractivity contribution in [1.29, 1.82) is 0 Å². The monoisotopic (exact) mass is 350 g/mol. The van der Waals surface area contributed by atoms with Crippen molar-refractivity contribution in [1.82, 2.24) is 5.32 Å². The Morgan fingerprint density at radius 1 is 1.13 bits per heavy atom. The molecular weight excluding hydrogens is 328 g/mol. The highest BCUT2D eigenvalue weighted by atomic mass is 35.5. The van der Waals surface area contributed by atoms with Crippen LogP contribution in [0.3, 0.4) is 0 Å². The molecule has 0 heterocycles. The van der Waals surface area contributed by atoms with E-state index in [9.17, 15) is 4.79 Å². The Morgan fingerprint density at radius 2 is 1.74 bits per heavy atom. The van der Waals surface area contributed by atoms with Gasteiger partial charge in [0.15, 0.2) is 0 Å². The van der Waals surface area contributed by atoms with Crippen molar-refractivity contribution < 1.29 is 4.79 Å². The van der Waals surface area contributed by atoms with Gasteiger partial charge in [-0.3, -0.25) is 4.79 Å². The number of halogens is 1. The molecule has 0 aliphatic rings. The van der Waals surface area contributed by atoms with Gasteiger partial charge in [-0.1, -0.05) is 48.0 Å². The summed E-state index contributed by atoms with van der Waals surface area (Å²) in [6.07, 6.45) is 0. The number of thioether (sulfide) groups is 1. The number of nitrogens with one attached hydrogen (secondary N) is 1. The van der Waals surface area contributed by atoms with Gasteiger partial charge < -0.3 is 11.1 Å². The molecule has 1 amide bonds. The summed E-state index contributed by atoms with van der Waals surface area (Å²) < 4.78 is 0. The van der Waals surface area contributed by atoms with E-state index in [2.05, 4.69) is 36.5 Å². The second-order valence-corrected chi connectivity index (χ2v) is 6.65. The standard InChI is InChI=1S/C18H22N2OS.ClH/c1-14-8-10-16(11-9-14)22-13-12-20-17(21)18(2,19)15-6-4-3-5-7-15;/h3-11H,12-13,19H2,1-2H3,(H,20,21);1H. The van der Waals surface area contributed by atoms with Gasteiger partial charge in [-0.25, -0.2) is 0 Å². The maximum atomic E-state index is 12.3. The Morgan fingerprint density at radius 3 is 2.35 bits per heavy atom. The van der Waals surface area contributed by atoms with Crippen LogP contribution < -0.4 is 11.1 Å². The van der Waals surface area contributed by atoms with E-state index in [-0.39, 0.29) is 18.3 Å². The fourth-order valence-corrected chi connectivity index (χ4v) is 2.84. The first-order valence-corrected chi connectivity index (χ1v) is 8.31. The normalized spacial score (nSPS) is 12.8. The molecule has 0 radical (unpaired) electrons. The molecule has 0 bridgehead atoms. The summed E-state index contributed by atoms with van der Waals surface area (Å²) in [5, 5.41) is 2.92. The molecule has 2 aromatic rings. The fourth-order valence-electron chi connectivity index (χ4n) is 2.07. The van der Waals surface area contributed by atoms with Crippen LogP contribution in [-0.4, -0.2) is 18.2 Å². The molecule has 0 fully saturated rings. The van der Waals surface area contributed by atoms with E-state index < -0.39 is 5.54 Å². The highest BCUT2D eigenvalue weighted by molar-refractivity contribution is 7.99. The zero-order chi connectivity index (χ0) is 16.0. The molecule has 1 atom stereocenters. The predicted molar refractivity (Wildman–Crippen MR) is 100 cm³/mol. The van der Waals surface area contributed by atoms with Crippen LogP contribution in [0, 0.1) is 6.92 Å². The fraction of sp³-hybridized carbons (Fsp3) is 0.278. The van der Waals surface area contributed by atoms with Crippen LogP contribution in [0.15, 0.2) is 59.5 Å². The number of amides is 1. The van der Waals surface area contributed by atoms with Crippen LogP contribution in [0.1, 0.15) is 18.1 Å². The minimum absolute atomic E-state index is 0. The molecule has 1 unspecified atom stereocenters. The van der Waals surface area contributed by atoms with E-state index in [0.717, 1.165) is 11.3 Å². The van der Waals surface area contributed by atoms with Gasteiger partial charge in [0.2, 0.25) is 5.91 Å². The maximum Gasteiger partial charge on any atom is 0.244 e. The van der Waals surface area contributed by atoms with E-state index in [1.165, 1.54) is 10.5 Å². The van der Waals surface area contributed by atoms with E-state index in [0.29, 0.717) is 6.54 Å². The molecule has 124 valence electrons. The number of nitrogens with two attached hydrogens (primary N) is 1. The number of carbonyl (C=O) groups excluding carboxylic acids is 1. The third-order valence-electron chi connectivity index (χ3n) is 3.52. The number of carbonyl (C=O) groups is 1. The average Bonchev–Trinajstić information content (AvgIpc) is 2.54. The SMILES string of the molecule is Cc1ccc(SCCNC(=O)C(C)(N)c2ccccc2)cc1.Cl. The van der Waals surface area contributed by atoms with Gasteiger partial charge in [0.25, 0.3) is 0 Å². The number of hydrogen-bond donors (Lipinski definition) is 2. The van der Waals surface area contributed by atoms with Crippen LogP contribution in [-0.2, 0) is 10.3 Å². The molecule has 2 aromatic carbocycles. The van der Waals surface area contributed by atoms with Gasteiger partial charge in [-0.05, 0) is 31.5 Å². The zero-order valence-corrected chi connectivity index (χ0v) is 15.0. The number of hydrogen-bond acceptors (Lipinski definition) is 3. The molecule has 23 heavy (non-hydrogen) atoms. The van der Waals surface area contributed by atoms with Crippen LogP contribution in [0.2, 0.25) is 0 Å². The van der Waals surface area contributed by atoms with Crippen molar-refractivity contribution >= 4 is 30.1 Å². The number of aryl methyl sites for hydroxylation is 1. The van der Waals surface area contributed by atoms with Gasteiger partial charge in [-0.15, -0.1) is 24.2 Å². The van der Waals surface area contributed by atoms with Gasteiger partial charge in [0.1, 0.15) is 5.54 Å². The smallest absolute Gasteiger partial charge is 0.244 e. The number of rotatable bonds is 6. The Bertz CT molecular complexity index is 615. The maximum absolute atomic E-state index is 12.3. The Labute approximate surface area is 148 Å². The topological polar surface area (TPSA) is 55.1 Å². The van der Waals surface area contributed by atoms with Gasteiger partial charge in [-0.2, -0.15) is 0 Å². The molecule has 3 nitrogen and oxygen atoms in total. The van der Waals surface area contributed by atoms with Crippen molar-refractivity contribution in [2.24, 2.45) is 5.73 Å². The first-order valence-electron chi connectivity index (χ1n) is 7.32. The van der Waals surface area contributed by atoms with E-state index in [4.69, 9.17) is 5.73 Å². The van der Waals surface area contributed by atoms with Gasteiger partial charge >= 0.3 is 0 Å². The van der Waals surface area contributed by atoms with Crippen LogP contribution in [0.25, 0.3) is 0 Å². The number of benzene rings is 2. The van der Waals surface area contributed by atoms with Crippen molar-refractivity contribution in [2.75, 3.05) is 12.3 Å². The molecule has 0 aliphatic carbocycles. The molecule has 5 heteroatoms. The molecular formula is C18H23ClN2OS. The summed E-state index contributed by atoms with van der Waals surface area (Å²) >= 11 is 1.72. The zero-order valence-electron chi connectivity index (χ0n) is 13.4. The summed E-state index contributed by atoms with van der Waals surface area (Å²) in [7, 11) is 0. The average molecular weight is 351 g/mol. The predicted octanol–water partition coefficient (Wildman–Crippen LogP) is 3.50. The molecule has 3 N–H and O–H groups in total. The highest BCUT2D eigenvalue weighted by Crippen LogP contribution is 2.19. The summed E-state index contributed by atoms with van der Waals surface area (Å²) in [6, 6.07) is 17.8. The van der Waals surface area contributed by atoms with E-state index in [1.807, 2.05) is 30.3 Å². The first kappa shape index (κ1) is 19.6. The molecule has 0 aliphatic heterocycles. The van der Waals surface area contributed by atoms with Crippen molar-refractivity contribution in [2.45, 2.75) is 24.3 Å². The first-order chi connectivity index (χ1) is 10.5. The van der Waals surface area contributed by atoms with Crippen LogP contribution in [0.5, 0.6) is 0 Å². The lowest BCUT2D eigenvalue weighted by Crippen LogP contribution is -2.49. The van der Waals surface area contributed by atoms with Gasteiger partial charge in [0.05, 0.1) is 0 Å². The Balaban J connectivity index is 0.00000264. The summed E-state index contributed by atoms with van der Waals surface area (Å²) in [5.41, 5.74) is 7.24.